The van der Waals surface area contributed by atoms with Crippen LogP contribution in [0.3, 0.4) is 0 Å². The smallest absolute Gasteiger partial charge is 0.251 e. The number of amides is 1. The van der Waals surface area contributed by atoms with E-state index in [0.29, 0.717) is 5.16 Å². The molecule has 0 saturated heterocycles. The lowest BCUT2D eigenvalue weighted by atomic mass is 10.1. The molecular weight excluding hydrogens is 298 g/mol. The quantitative estimate of drug-likeness (QED) is 0.608. The lowest BCUT2D eigenvalue weighted by Gasteiger charge is -2.06. The van der Waals surface area contributed by atoms with Crippen LogP contribution in [-0.4, -0.2) is 21.6 Å². The van der Waals surface area contributed by atoms with E-state index in [9.17, 15) is 9.59 Å². The number of carbonyl (C=O) groups excluding carboxylic acids is 1. The van der Waals surface area contributed by atoms with Crippen molar-refractivity contribution in [2.45, 2.75) is 31.3 Å². The van der Waals surface area contributed by atoms with Gasteiger partial charge in [0.2, 0.25) is 5.91 Å². The highest BCUT2D eigenvalue weighted by atomic mass is 32.2. The largest absolute Gasteiger partial charge is 0.325 e. The minimum Gasteiger partial charge on any atom is -0.325 e. The topological polar surface area (TPSA) is 74.8 Å². The van der Waals surface area contributed by atoms with Gasteiger partial charge in [-0.25, -0.2) is 4.98 Å². The number of aromatic amines is 1. The third kappa shape index (κ3) is 5.37. The van der Waals surface area contributed by atoms with E-state index < -0.39 is 0 Å². The Kier molecular flexibility index (Phi) is 6.21. The van der Waals surface area contributed by atoms with Crippen LogP contribution in [0.4, 0.5) is 5.69 Å². The molecule has 1 aromatic heterocycles. The minimum atomic E-state index is -0.222. The van der Waals surface area contributed by atoms with Crippen molar-refractivity contribution >= 4 is 23.4 Å². The molecule has 0 aliphatic carbocycles. The molecule has 0 saturated carbocycles. The monoisotopic (exact) mass is 317 g/mol. The molecule has 0 fully saturated rings. The standard InChI is InChI=1S/C16H19N3O2S/c1-2-3-4-12-5-7-13(8-6-12)18-15(21)11-22-16-17-10-9-14(20)19-16/h5-10H,2-4,11H2,1H3,(H,18,21)(H,17,19,20). The molecule has 0 unspecified atom stereocenters. The fraction of sp³-hybridized carbons (Fsp3) is 0.312. The van der Waals surface area contributed by atoms with E-state index in [0.717, 1.165) is 12.1 Å². The average Bonchev–Trinajstić information content (AvgIpc) is 2.52. The number of aryl methyl sites for hydroxylation is 1. The predicted molar refractivity (Wildman–Crippen MR) is 89.3 cm³/mol. The second-order valence-electron chi connectivity index (χ2n) is 4.88. The Balaban J connectivity index is 1.82. The number of carbonyl (C=O) groups is 1. The van der Waals surface area contributed by atoms with Crippen LogP contribution in [0.2, 0.25) is 0 Å². The third-order valence-corrected chi connectivity index (χ3v) is 3.93. The molecule has 0 atom stereocenters. The highest BCUT2D eigenvalue weighted by Gasteiger charge is 2.05. The molecule has 2 N–H and O–H groups in total. The van der Waals surface area contributed by atoms with Gasteiger partial charge >= 0.3 is 0 Å². The van der Waals surface area contributed by atoms with E-state index >= 15 is 0 Å². The summed E-state index contributed by atoms with van der Waals surface area (Å²) in [5.74, 6) is 0.0719. The molecule has 1 heterocycles. The first kappa shape index (κ1) is 16.3. The number of thioether (sulfide) groups is 1. The van der Waals surface area contributed by atoms with Crippen LogP contribution in [0, 0.1) is 0 Å². The van der Waals surface area contributed by atoms with Crippen LogP contribution < -0.4 is 10.9 Å². The third-order valence-electron chi connectivity index (χ3n) is 3.04. The summed E-state index contributed by atoms with van der Waals surface area (Å²) in [5, 5.41) is 3.27. The predicted octanol–water partition coefficient (Wildman–Crippen LogP) is 2.84. The molecule has 2 aromatic rings. The summed E-state index contributed by atoms with van der Waals surface area (Å²) in [6.45, 7) is 2.17. The van der Waals surface area contributed by atoms with Crippen LogP contribution in [-0.2, 0) is 11.2 Å². The van der Waals surface area contributed by atoms with E-state index in [-0.39, 0.29) is 17.2 Å². The number of anilines is 1. The number of H-pyrrole nitrogens is 1. The molecule has 6 heteroatoms. The van der Waals surface area contributed by atoms with Gasteiger partial charge in [0, 0.05) is 18.0 Å². The van der Waals surface area contributed by atoms with Gasteiger partial charge in [0.25, 0.3) is 5.56 Å². The molecule has 0 bridgehead atoms. The zero-order valence-corrected chi connectivity index (χ0v) is 13.3. The zero-order chi connectivity index (χ0) is 15.8. The first-order chi connectivity index (χ1) is 10.7. The van der Waals surface area contributed by atoms with Gasteiger partial charge in [0.1, 0.15) is 0 Å². The van der Waals surface area contributed by atoms with Crippen molar-refractivity contribution in [2.75, 3.05) is 11.1 Å². The van der Waals surface area contributed by atoms with Crippen molar-refractivity contribution in [3.63, 3.8) is 0 Å². The lowest BCUT2D eigenvalue weighted by Crippen LogP contribution is -2.15. The van der Waals surface area contributed by atoms with Crippen LogP contribution in [0.15, 0.2) is 46.5 Å². The Morgan fingerprint density at radius 2 is 2.05 bits per heavy atom. The van der Waals surface area contributed by atoms with Crippen molar-refractivity contribution < 1.29 is 4.79 Å². The Hall–Kier alpha value is -2.08. The summed E-state index contributed by atoms with van der Waals surface area (Å²) in [6, 6.07) is 9.24. The number of nitrogens with one attached hydrogen (secondary N) is 2. The summed E-state index contributed by atoms with van der Waals surface area (Å²) in [4.78, 5) is 29.6. The van der Waals surface area contributed by atoms with Crippen LogP contribution in [0.1, 0.15) is 25.3 Å². The van der Waals surface area contributed by atoms with E-state index in [1.54, 1.807) is 0 Å². The maximum Gasteiger partial charge on any atom is 0.251 e. The van der Waals surface area contributed by atoms with Crippen LogP contribution in [0.25, 0.3) is 0 Å². The van der Waals surface area contributed by atoms with Crippen molar-refractivity contribution in [1.82, 2.24) is 9.97 Å². The Morgan fingerprint density at radius 3 is 2.73 bits per heavy atom. The van der Waals surface area contributed by atoms with Crippen molar-refractivity contribution in [3.05, 3.63) is 52.4 Å². The minimum absolute atomic E-state index is 0.127. The number of aromatic nitrogens is 2. The summed E-state index contributed by atoms with van der Waals surface area (Å²) < 4.78 is 0. The van der Waals surface area contributed by atoms with Gasteiger partial charge in [-0.2, -0.15) is 0 Å². The van der Waals surface area contributed by atoms with Gasteiger partial charge in [0.15, 0.2) is 5.16 Å². The van der Waals surface area contributed by atoms with E-state index in [1.165, 1.54) is 42.4 Å². The van der Waals surface area contributed by atoms with Crippen molar-refractivity contribution in [1.29, 1.82) is 0 Å². The number of hydrogen-bond donors (Lipinski definition) is 2. The molecule has 0 aliphatic heterocycles. The summed E-state index contributed by atoms with van der Waals surface area (Å²) in [6.07, 6.45) is 4.83. The van der Waals surface area contributed by atoms with Gasteiger partial charge in [0.05, 0.1) is 5.75 Å². The molecule has 1 aromatic carbocycles. The Labute approximate surface area is 133 Å². The highest BCUT2D eigenvalue weighted by molar-refractivity contribution is 7.99. The second-order valence-corrected chi connectivity index (χ2v) is 5.84. The van der Waals surface area contributed by atoms with E-state index in [1.807, 2.05) is 24.3 Å². The van der Waals surface area contributed by atoms with Crippen molar-refractivity contribution in [3.8, 4) is 0 Å². The number of benzene rings is 1. The normalized spacial score (nSPS) is 10.4. The second kappa shape index (κ2) is 8.38. The summed E-state index contributed by atoms with van der Waals surface area (Å²) >= 11 is 1.20. The van der Waals surface area contributed by atoms with E-state index in [4.69, 9.17) is 0 Å². The highest BCUT2D eigenvalue weighted by Crippen LogP contribution is 2.14. The fourth-order valence-corrected chi connectivity index (χ4v) is 2.54. The lowest BCUT2D eigenvalue weighted by molar-refractivity contribution is -0.113. The van der Waals surface area contributed by atoms with Crippen molar-refractivity contribution in [2.24, 2.45) is 0 Å². The number of unbranched alkanes of at least 4 members (excludes halogenated alkanes) is 1. The molecule has 0 radical (unpaired) electrons. The van der Waals surface area contributed by atoms with Gasteiger partial charge in [-0.15, -0.1) is 0 Å². The molecule has 2 rings (SSSR count). The van der Waals surface area contributed by atoms with Gasteiger partial charge in [-0.1, -0.05) is 37.2 Å². The Morgan fingerprint density at radius 1 is 1.27 bits per heavy atom. The molecule has 5 nitrogen and oxygen atoms in total. The number of hydrogen-bond acceptors (Lipinski definition) is 4. The first-order valence-electron chi connectivity index (χ1n) is 7.24. The average molecular weight is 317 g/mol. The molecular formula is C16H19N3O2S. The maximum absolute atomic E-state index is 11.9. The first-order valence-corrected chi connectivity index (χ1v) is 8.23. The fourth-order valence-electron chi connectivity index (χ4n) is 1.89. The van der Waals surface area contributed by atoms with E-state index in [2.05, 4.69) is 22.2 Å². The molecule has 1 amide bonds. The number of nitrogens with zero attached hydrogens (tertiary/aromatic N) is 1. The molecule has 0 aliphatic rings. The van der Waals surface area contributed by atoms with Crippen LogP contribution in [0.5, 0.6) is 0 Å². The van der Waals surface area contributed by atoms with Crippen LogP contribution >= 0.6 is 11.8 Å². The molecule has 116 valence electrons. The molecule has 0 spiro atoms. The zero-order valence-electron chi connectivity index (χ0n) is 12.5. The van der Waals surface area contributed by atoms with Gasteiger partial charge in [-0.05, 0) is 30.5 Å². The van der Waals surface area contributed by atoms with Gasteiger partial charge < -0.3 is 10.3 Å². The molecule has 22 heavy (non-hydrogen) atoms. The maximum atomic E-state index is 11.9. The summed E-state index contributed by atoms with van der Waals surface area (Å²) in [5.41, 5.74) is 1.83. The summed E-state index contributed by atoms with van der Waals surface area (Å²) in [7, 11) is 0. The number of rotatable bonds is 7. The Bertz CT molecular complexity index is 668. The van der Waals surface area contributed by atoms with Gasteiger partial charge in [-0.3, -0.25) is 9.59 Å². The SMILES string of the molecule is CCCCc1ccc(NC(=O)CSc2nccc(=O)[nH]2)cc1.